The van der Waals surface area contributed by atoms with E-state index in [1.165, 1.54) is 0 Å². The van der Waals surface area contributed by atoms with Crippen molar-refractivity contribution in [3.8, 4) is 0 Å². The lowest BCUT2D eigenvalue weighted by atomic mass is 9.87. The van der Waals surface area contributed by atoms with Crippen LogP contribution in [-0.4, -0.2) is 11.8 Å². The summed E-state index contributed by atoms with van der Waals surface area (Å²) in [6.07, 6.45) is 1.91. The van der Waals surface area contributed by atoms with Gasteiger partial charge in [-0.25, -0.2) is 0 Å². The normalized spacial score (nSPS) is 14.2. The average molecular weight is 240 g/mol. The van der Waals surface area contributed by atoms with Crippen LogP contribution >= 0.6 is 11.6 Å². The third-order valence-corrected chi connectivity index (χ3v) is 2.94. The molecule has 0 aromatic heterocycles. The number of rotatable bonds is 5. The van der Waals surface area contributed by atoms with Gasteiger partial charge in [0.2, 0.25) is 5.91 Å². The van der Waals surface area contributed by atoms with Crippen molar-refractivity contribution < 1.29 is 4.79 Å². The Balaban J connectivity index is 2.92. The van der Waals surface area contributed by atoms with Crippen molar-refractivity contribution in [2.24, 2.45) is 0 Å². The Labute approximate surface area is 102 Å². The number of alkyl halides is 1. The number of carbonyl (C=O) groups is 1. The first-order valence-electron chi connectivity index (χ1n) is 5.55. The molecule has 0 radical (unpaired) electrons. The number of halogens is 1. The fourth-order valence-corrected chi connectivity index (χ4v) is 1.99. The fraction of sp³-hybridized carbons (Fsp3) is 0.462. The minimum absolute atomic E-state index is 0.00609. The van der Waals surface area contributed by atoms with Gasteiger partial charge in [-0.3, -0.25) is 4.79 Å². The molecule has 1 rings (SSSR count). The van der Waals surface area contributed by atoms with Crippen molar-refractivity contribution in [2.45, 2.75) is 32.2 Å². The molecule has 0 saturated heterocycles. The van der Waals surface area contributed by atoms with Crippen molar-refractivity contribution in [3.63, 3.8) is 0 Å². The van der Waals surface area contributed by atoms with E-state index in [2.05, 4.69) is 12.2 Å². The summed E-state index contributed by atoms with van der Waals surface area (Å²) in [6, 6.07) is 10.00. The van der Waals surface area contributed by atoms with E-state index in [1.54, 1.807) is 0 Å². The Morgan fingerprint density at radius 1 is 1.38 bits per heavy atom. The van der Waals surface area contributed by atoms with Crippen molar-refractivity contribution in [1.29, 1.82) is 0 Å². The average Bonchev–Trinajstić information content (AvgIpc) is 2.30. The van der Waals surface area contributed by atoms with Gasteiger partial charge >= 0.3 is 0 Å². The van der Waals surface area contributed by atoms with Crippen LogP contribution < -0.4 is 5.32 Å². The van der Waals surface area contributed by atoms with E-state index in [4.69, 9.17) is 11.6 Å². The molecule has 0 heterocycles. The number of hydrogen-bond acceptors (Lipinski definition) is 1. The first-order valence-corrected chi connectivity index (χ1v) is 6.08. The molecule has 88 valence electrons. The van der Waals surface area contributed by atoms with Crippen LogP contribution in [0.1, 0.15) is 32.3 Å². The number of hydrogen-bond donors (Lipinski definition) is 1. The third-order valence-electron chi connectivity index (χ3n) is 2.70. The van der Waals surface area contributed by atoms with Gasteiger partial charge in [-0.15, -0.1) is 11.6 Å². The maximum Gasteiger partial charge on any atom is 0.235 e. The maximum absolute atomic E-state index is 11.4. The van der Waals surface area contributed by atoms with Gasteiger partial charge in [0.15, 0.2) is 0 Å². The van der Waals surface area contributed by atoms with Crippen LogP contribution in [0.5, 0.6) is 0 Å². The second-order valence-corrected chi connectivity index (χ2v) is 4.40. The van der Waals surface area contributed by atoms with Gasteiger partial charge in [-0.2, -0.15) is 0 Å². The highest BCUT2D eigenvalue weighted by molar-refractivity contribution is 6.27. The summed E-state index contributed by atoms with van der Waals surface area (Å²) in [5.41, 5.74) is 0.803. The topological polar surface area (TPSA) is 29.1 Å². The summed E-state index contributed by atoms with van der Waals surface area (Å²) < 4.78 is 0. The molecule has 1 amide bonds. The molecule has 0 aliphatic heterocycles. The Morgan fingerprint density at radius 2 is 2.00 bits per heavy atom. The zero-order chi connectivity index (χ0) is 12.0. The largest absolute Gasteiger partial charge is 0.346 e. The molecule has 2 nitrogen and oxygen atoms in total. The maximum atomic E-state index is 11.4. The van der Waals surface area contributed by atoms with E-state index < -0.39 is 0 Å². The molecule has 1 atom stereocenters. The van der Waals surface area contributed by atoms with Crippen LogP contribution in [0, 0.1) is 0 Å². The molecule has 0 spiro atoms. The molecule has 1 aromatic carbocycles. The Kier molecular flexibility index (Phi) is 4.81. The van der Waals surface area contributed by atoms with E-state index in [9.17, 15) is 4.79 Å². The number of carbonyl (C=O) groups excluding carboxylic acids is 1. The highest BCUT2D eigenvalue weighted by Crippen LogP contribution is 2.25. The summed E-state index contributed by atoms with van der Waals surface area (Å²) in [5.74, 6) is -0.118. The fourth-order valence-electron chi connectivity index (χ4n) is 1.93. The summed E-state index contributed by atoms with van der Waals surface area (Å²) in [4.78, 5) is 11.4. The van der Waals surface area contributed by atoms with E-state index in [0.29, 0.717) is 0 Å². The van der Waals surface area contributed by atoms with Crippen LogP contribution in [0.4, 0.5) is 0 Å². The molecule has 1 N–H and O–H groups in total. The molecular formula is C13H18ClNO. The van der Waals surface area contributed by atoms with Crippen LogP contribution in [-0.2, 0) is 10.3 Å². The molecule has 1 aromatic rings. The number of amides is 1. The first kappa shape index (κ1) is 13.0. The SMILES string of the molecule is CCCC(C)(NC(=O)CCl)c1ccccc1. The summed E-state index contributed by atoms with van der Waals surface area (Å²) in [7, 11) is 0. The zero-order valence-electron chi connectivity index (χ0n) is 9.79. The predicted molar refractivity (Wildman–Crippen MR) is 67.6 cm³/mol. The van der Waals surface area contributed by atoms with Gasteiger partial charge in [0, 0.05) is 0 Å². The Hall–Kier alpha value is -1.02. The lowest BCUT2D eigenvalue weighted by molar-refractivity contribution is -0.120. The van der Waals surface area contributed by atoms with Gasteiger partial charge in [0.1, 0.15) is 5.88 Å². The van der Waals surface area contributed by atoms with E-state index in [-0.39, 0.29) is 17.3 Å². The lowest BCUT2D eigenvalue weighted by Crippen LogP contribution is -2.44. The van der Waals surface area contributed by atoms with Crippen molar-refractivity contribution in [1.82, 2.24) is 5.32 Å². The minimum atomic E-state index is -0.317. The zero-order valence-corrected chi connectivity index (χ0v) is 10.6. The first-order chi connectivity index (χ1) is 7.62. The molecular weight excluding hydrogens is 222 g/mol. The van der Waals surface area contributed by atoms with Crippen molar-refractivity contribution >= 4 is 17.5 Å². The number of nitrogens with one attached hydrogen (secondary N) is 1. The molecule has 0 aliphatic carbocycles. The molecule has 1 unspecified atom stereocenters. The van der Waals surface area contributed by atoms with Gasteiger partial charge in [-0.1, -0.05) is 43.7 Å². The molecule has 0 saturated carbocycles. The lowest BCUT2D eigenvalue weighted by Gasteiger charge is -2.31. The standard InChI is InChI=1S/C13H18ClNO/c1-3-9-13(2,15-12(16)10-14)11-7-5-4-6-8-11/h4-8H,3,9-10H2,1-2H3,(H,15,16). The smallest absolute Gasteiger partial charge is 0.235 e. The molecule has 0 fully saturated rings. The van der Waals surface area contributed by atoms with Gasteiger partial charge in [0.05, 0.1) is 5.54 Å². The van der Waals surface area contributed by atoms with Crippen molar-refractivity contribution in [3.05, 3.63) is 35.9 Å². The predicted octanol–water partition coefficient (Wildman–Crippen LogP) is 3.06. The third kappa shape index (κ3) is 3.24. The van der Waals surface area contributed by atoms with Crippen LogP contribution in [0.3, 0.4) is 0 Å². The quantitative estimate of drug-likeness (QED) is 0.787. The van der Waals surface area contributed by atoms with Crippen LogP contribution in [0.25, 0.3) is 0 Å². The van der Waals surface area contributed by atoms with E-state index in [1.807, 2.05) is 37.3 Å². The molecule has 16 heavy (non-hydrogen) atoms. The van der Waals surface area contributed by atoms with E-state index >= 15 is 0 Å². The van der Waals surface area contributed by atoms with Crippen molar-refractivity contribution in [2.75, 3.05) is 5.88 Å². The minimum Gasteiger partial charge on any atom is -0.346 e. The summed E-state index contributed by atoms with van der Waals surface area (Å²) in [6.45, 7) is 4.14. The summed E-state index contributed by atoms with van der Waals surface area (Å²) >= 11 is 5.53. The Morgan fingerprint density at radius 3 is 2.50 bits per heavy atom. The highest BCUT2D eigenvalue weighted by Gasteiger charge is 2.26. The number of benzene rings is 1. The highest BCUT2D eigenvalue weighted by atomic mass is 35.5. The molecule has 0 bridgehead atoms. The van der Waals surface area contributed by atoms with Crippen LogP contribution in [0.2, 0.25) is 0 Å². The van der Waals surface area contributed by atoms with E-state index in [0.717, 1.165) is 18.4 Å². The second-order valence-electron chi connectivity index (χ2n) is 4.13. The Bertz CT molecular complexity index is 339. The van der Waals surface area contributed by atoms with Crippen LogP contribution in [0.15, 0.2) is 30.3 Å². The second kappa shape index (κ2) is 5.90. The molecule has 0 aliphatic rings. The van der Waals surface area contributed by atoms with Gasteiger partial charge in [0.25, 0.3) is 0 Å². The van der Waals surface area contributed by atoms with Gasteiger partial charge in [-0.05, 0) is 18.9 Å². The van der Waals surface area contributed by atoms with Gasteiger partial charge < -0.3 is 5.32 Å². The monoisotopic (exact) mass is 239 g/mol. The molecule has 3 heteroatoms. The summed E-state index contributed by atoms with van der Waals surface area (Å²) in [5, 5.41) is 2.99.